The number of carbonyl (C=O) groups excluding carboxylic acids is 1. The molecule has 8 nitrogen and oxygen atoms in total. The maximum atomic E-state index is 12.5. The second-order valence-electron chi connectivity index (χ2n) is 5.93. The molecule has 2 heterocycles. The summed E-state index contributed by atoms with van der Waals surface area (Å²) < 4.78 is 26.4. The molecular weight excluding hydrogens is 386 g/mol. The predicted octanol–water partition coefficient (Wildman–Crippen LogP) is 1.61. The van der Waals surface area contributed by atoms with Gasteiger partial charge in [-0.1, -0.05) is 11.8 Å². The quantitative estimate of drug-likeness (QED) is 0.571. The van der Waals surface area contributed by atoms with E-state index in [1.54, 1.807) is 6.07 Å². The highest BCUT2D eigenvalue weighted by atomic mass is 32.2. The number of hydrogen-bond acceptors (Lipinski definition) is 7. The third-order valence-electron chi connectivity index (χ3n) is 4.10. The van der Waals surface area contributed by atoms with E-state index in [1.807, 2.05) is 12.1 Å². The van der Waals surface area contributed by atoms with Crippen molar-refractivity contribution in [2.24, 2.45) is 0 Å². The molecule has 27 heavy (non-hydrogen) atoms. The number of nitrogens with zero attached hydrogens (tertiary/aromatic N) is 5. The number of pyridine rings is 1. The van der Waals surface area contributed by atoms with Gasteiger partial charge >= 0.3 is 0 Å². The van der Waals surface area contributed by atoms with Gasteiger partial charge in [0, 0.05) is 32.4 Å². The minimum Gasteiger partial charge on any atom is -0.340 e. The van der Waals surface area contributed by atoms with Gasteiger partial charge in [0.05, 0.1) is 35.8 Å². The zero-order chi connectivity index (χ0) is 19.7. The van der Waals surface area contributed by atoms with Crippen LogP contribution in [0, 0.1) is 22.7 Å². The molecule has 144 valence electrons. The summed E-state index contributed by atoms with van der Waals surface area (Å²) in [5.74, 6) is -0.0664. The van der Waals surface area contributed by atoms with Crippen molar-refractivity contribution in [3.8, 4) is 12.1 Å². The lowest BCUT2D eigenvalue weighted by molar-refractivity contribution is -0.128. The molecule has 1 aromatic heterocycles. The minimum absolute atomic E-state index is 0.113. The van der Waals surface area contributed by atoms with E-state index in [1.165, 1.54) is 33.2 Å². The lowest BCUT2D eigenvalue weighted by Gasteiger charge is -2.20. The van der Waals surface area contributed by atoms with Gasteiger partial charge in [0.25, 0.3) is 0 Å². The second-order valence-corrected chi connectivity index (χ2v) is 8.86. The number of aromatic nitrogens is 1. The van der Waals surface area contributed by atoms with Crippen molar-refractivity contribution < 1.29 is 13.2 Å². The molecule has 0 aliphatic carbocycles. The summed E-state index contributed by atoms with van der Waals surface area (Å²) in [6.45, 7) is 1.65. The third kappa shape index (κ3) is 5.93. The molecule has 10 heteroatoms. The number of rotatable bonds is 9. The van der Waals surface area contributed by atoms with Crippen LogP contribution in [0.2, 0.25) is 0 Å². The van der Waals surface area contributed by atoms with Gasteiger partial charge in [0.1, 0.15) is 4.90 Å². The number of amides is 1. The fraction of sp³-hybridized carbons (Fsp3) is 0.529. The van der Waals surface area contributed by atoms with E-state index >= 15 is 0 Å². The van der Waals surface area contributed by atoms with E-state index < -0.39 is 10.0 Å². The van der Waals surface area contributed by atoms with E-state index in [0.29, 0.717) is 18.1 Å². The molecule has 0 unspecified atom stereocenters. The van der Waals surface area contributed by atoms with Crippen LogP contribution in [-0.4, -0.2) is 60.4 Å². The van der Waals surface area contributed by atoms with Crippen LogP contribution in [0.3, 0.4) is 0 Å². The summed E-state index contributed by atoms with van der Waals surface area (Å²) in [5, 5.41) is 17.9. The van der Waals surface area contributed by atoms with E-state index in [4.69, 9.17) is 10.5 Å². The SMILES string of the molecule is N#CCCN(CCC#N)C(=O)CSc1ccc(S(=O)(=O)N2CCCC2)cn1. The maximum absolute atomic E-state index is 12.5. The molecular formula is C17H21N5O3S2. The van der Waals surface area contributed by atoms with Crippen LogP contribution in [-0.2, 0) is 14.8 Å². The van der Waals surface area contributed by atoms with Gasteiger partial charge < -0.3 is 4.90 Å². The predicted molar refractivity (Wildman–Crippen MR) is 100.0 cm³/mol. The average Bonchev–Trinajstić information content (AvgIpc) is 3.22. The van der Waals surface area contributed by atoms with Crippen LogP contribution in [0.25, 0.3) is 0 Å². The van der Waals surface area contributed by atoms with Crippen LogP contribution in [0.1, 0.15) is 25.7 Å². The molecule has 1 fully saturated rings. The smallest absolute Gasteiger partial charge is 0.244 e. The molecule has 1 saturated heterocycles. The normalized spacial score (nSPS) is 14.4. The van der Waals surface area contributed by atoms with Gasteiger partial charge in [-0.2, -0.15) is 14.8 Å². The summed E-state index contributed by atoms with van der Waals surface area (Å²) in [6.07, 6.45) is 3.49. The van der Waals surface area contributed by atoms with E-state index in [2.05, 4.69) is 4.98 Å². The second kappa shape index (κ2) is 10.3. The molecule has 1 aliphatic rings. The van der Waals surface area contributed by atoms with E-state index in [0.717, 1.165) is 12.8 Å². The Balaban J connectivity index is 1.94. The van der Waals surface area contributed by atoms with Gasteiger partial charge in [0.2, 0.25) is 15.9 Å². The maximum Gasteiger partial charge on any atom is 0.244 e. The Morgan fingerprint density at radius 1 is 1.19 bits per heavy atom. The van der Waals surface area contributed by atoms with Gasteiger partial charge in [-0.05, 0) is 25.0 Å². The van der Waals surface area contributed by atoms with Crippen LogP contribution in [0.5, 0.6) is 0 Å². The van der Waals surface area contributed by atoms with Crippen molar-refractivity contribution in [2.45, 2.75) is 35.6 Å². The fourth-order valence-corrected chi connectivity index (χ4v) is 4.85. The van der Waals surface area contributed by atoms with Crippen LogP contribution < -0.4 is 0 Å². The van der Waals surface area contributed by atoms with Crippen molar-refractivity contribution in [2.75, 3.05) is 31.9 Å². The van der Waals surface area contributed by atoms with Crippen LogP contribution >= 0.6 is 11.8 Å². The first kappa shape index (κ1) is 21.2. The number of carbonyl (C=O) groups is 1. The highest BCUT2D eigenvalue weighted by Gasteiger charge is 2.27. The van der Waals surface area contributed by atoms with Gasteiger partial charge in [0.15, 0.2) is 0 Å². The number of hydrogen-bond donors (Lipinski definition) is 0. The number of thioether (sulfide) groups is 1. The Morgan fingerprint density at radius 2 is 1.81 bits per heavy atom. The molecule has 0 spiro atoms. The molecule has 1 amide bonds. The molecule has 0 saturated carbocycles. The van der Waals surface area contributed by atoms with Crippen molar-refractivity contribution in [3.63, 3.8) is 0 Å². The first-order chi connectivity index (χ1) is 13.0. The lowest BCUT2D eigenvalue weighted by atomic mass is 10.3. The number of nitriles is 2. The highest BCUT2D eigenvalue weighted by molar-refractivity contribution is 7.99. The molecule has 0 atom stereocenters. The largest absolute Gasteiger partial charge is 0.340 e. The Labute approximate surface area is 163 Å². The molecule has 0 radical (unpaired) electrons. The summed E-state index contributed by atoms with van der Waals surface area (Å²) in [4.78, 5) is 18.1. The summed E-state index contributed by atoms with van der Waals surface area (Å²) >= 11 is 1.20. The first-order valence-electron chi connectivity index (χ1n) is 8.59. The summed E-state index contributed by atoms with van der Waals surface area (Å²) in [7, 11) is -3.50. The summed E-state index contributed by atoms with van der Waals surface area (Å²) in [5.41, 5.74) is 0. The summed E-state index contributed by atoms with van der Waals surface area (Å²) in [6, 6.07) is 7.08. The van der Waals surface area contributed by atoms with Gasteiger partial charge in [-0.3, -0.25) is 4.79 Å². The van der Waals surface area contributed by atoms with Gasteiger partial charge in [-0.25, -0.2) is 13.4 Å². The minimum atomic E-state index is -3.50. The standard InChI is InChI=1S/C17H21N5O3S2/c18-7-3-9-21(10-4-8-19)17(23)14-26-16-6-5-15(13-20-16)27(24,25)22-11-1-2-12-22/h5-6,13H,1-4,9-12,14H2. The Kier molecular flexibility index (Phi) is 8.04. The lowest BCUT2D eigenvalue weighted by Crippen LogP contribution is -2.34. The van der Waals surface area contributed by atoms with Gasteiger partial charge in [-0.15, -0.1) is 0 Å². The third-order valence-corrected chi connectivity index (χ3v) is 6.91. The van der Waals surface area contributed by atoms with Crippen molar-refractivity contribution in [1.82, 2.24) is 14.2 Å². The molecule has 0 aromatic carbocycles. The monoisotopic (exact) mass is 407 g/mol. The molecule has 2 rings (SSSR count). The van der Waals surface area contributed by atoms with Crippen LogP contribution in [0.4, 0.5) is 0 Å². The molecule has 1 aromatic rings. The highest BCUT2D eigenvalue weighted by Crippen LogP contribution is 2.22. The van der Waals surface area contributed by atoms with E-state index in [-0.39, 0.29) is 42.5 Å². The van der Waals surface area contributed by atoms with Crippen molar-refractivity contribution in [1.29, 1.82) is 10.5 Å². The fourth-order valence-electron chi connectivity index (χ4n) is 2.64. The Hall–Kier alpha value is -2.14. The zero-order valence-electron chi connectivity index (χ0n) is 14.9. The zero-order valence-corrected chi connectivity index (χ0v) is 16.5. The topological polar surface area (TPSA) is 118 Å². The molecule has 1 aliphatic heterocycles. The molecule has 0 N–H and O–H groups in total. The Bertz CT molecular complexity index is 804. The average molecular weight is 408 g/mol. The van der Waals surface area contributed by atoms with E-state index in [9.17, 15) is 13.2 Å². The molecule has 0 bridgehead atoms. The number of sulfonamides is 1. The first-order valence-corrected chi connectivity index (χ1v) is 11.0. The van der Waals surface area contributed by atoms with Crippen molar-refractivity contribution >= 4 is 27.7 Å². The Morgan fingerprint density at radius 3 is 2.33 bits per heavy atom. The van der Waals surface area contributed by atoms with Crippen LogP contribution in [0.15, 0.2) is 28.3 Å². The van der Waals surface area contributed by atoms with Crippen molar-refractivity contribution in [3.05, 3.63) is 18.3 Å².